The molecule has 0 heterocycles. The molecule has 0 aliphatic carbocycles. The molecule has 0 spiro atoms. The molecular weight excluding hydrogens is 386 g/mol. The summed E-state index contributed by atoms with van der Waals surface area (Å²) in [5.74, 6) is 2.49. The van der Waals surface area contributed by atoms with Gasteiger partial charge in [0.15, 0.2) is 11.5 Å². The second kappa shape index (κ2) is 9.94. The fourth-order valence-electron chi connectivity index (χ4n) is 2.30. The van der Waals surface area contributed by atoms with E-state index in [1.807, 2.05) is 0 Å². The van der Waals surface area contributed by atoms with E-state index in [1.165, 1.54) is 31.5 Å². The van der Waals surface area contributed by atoms with Crippen molar-refractivity contribution in [1.29, 1.82) is 0 Å². The van der Waals surface area contributed by atoms with Crippen LogP contribution in [0.4, 0.5) is 5.69 Å². The predicted molar refractivity (Wildman–Crippen MR) is 105 cm³/mol. The van der Waals surface area contributed by atoms with Crippen LogP contribution in [0.25, 0.3) is 0 Å². The molecule has 0 bridgehead atoms. The molecule has 2 aromatic rings. The van der Waals surface area contributed by atoms with E-state index in [9.17, 15) is 14.9 Å². The number of para-hydroxylation sites is 1. The summed E-state index contributed by atoms with van der Waals surface area (Å²) in [6.07, 6.45) is 6.34. The number of hydrogen-bond acceptors (Lipinski definition) is 6. The van der Waals surface area contributed by atoms with Crippen molar-refractivity contribution in [3.63, 3.8) is 0 Å². The molecule has 0 aromatic heterocycles. The van der Waals surface area contributed by atoms with Gasteiger partial charge in [-0.25, -0.2) is 5.43 Å². The minimum absolute atomic E-state index is 0.0329. The lowest BCUT2D eigenvalue weighted by Gasteiger charge is -2.11. The molecule has 8 nitrogen and oxygen atoms in total. The second-order valence-electron chi connectivity index (χ2n) is 5.38. The van der Waals surface area contributed by atoms with Gasteiger partial charge in [-0.15, -0.1) is 6.42 Å². The Morgan fingerprint density at radius 1 is 1.43 bits per heavy atom. The van der Waals surface area contributed by atoms with E-state index in [0.717, 1.165) is 0 Å². The Morgan fingerprint density at radius 2 is 2.18 bits per heavy atom. The van der Waals surface area contributed by atoms with Gasteiger partial charge in [0.2, 0.25) is 5.91 Å². The molecule has 2 aromatic carbocycles. The van der Waals surface area contributed by atoms with Gasteiger partial charge < -0.3 is 9.47 Å². The lowest BCUT2D eigenvalue weighted by Crippen LogP contribution is -2.20. The number of rotatable bonds is 8. The van der Waals surface area contributed by atoms with Crippen LogP contribution in [0.1, 0.15) is 11.1 Å². The SMILES string of the molecule is C#CCOc1c(Cl)cc(C=NNC(=O)Cc2ccccc2[N+](=O)[O-])cc1OC. The number of nitro groups is 1. The van der Waals surface area contributed by atoms with Crippen molar-refractivity contribution in [1.82, 2.24) is 5.43 Å². The van der Waals surface area contributed by atoms with Gasteiger partial charge in [0.05, 0.1) is 29.7 Å². The molecule has 0 saturated carbocycles. The van der Waals surface area contributed by atoms with Crippen LogP contribution in [0.5, 0.6) is 11.5 Å². The van der Waals surface area contributed by atoms with Crippen LogP contribution in [0.2, 0.25) is 5.02 Å². The molecular formula is C19H16ClN3O5. The summed E-state index contributed by atoms with van der Waals surface area (Å²) in [6, 6.07) is 9.18. The van der Waals surface area contributed by atoms with Gasteiger partial charge in [-0.2, -0.15) is 5.10 Å². The average Bonchev–Trinajstić information content (AvgIpc) is 2.67. The lowest BCUT2D eigenvalue weighted by atomic mass is 10.1. The van der Waals surface area contributed by atoms with E-state index in [4.69, 9.17) is 27.5 Å². The molecule has 9 heteroatoms. The Hall–Kier alpha value is -3.57. The van der Waals surface area contributed by atoms with E-state index < -0.39 is 10.8 Å². The van der Waals surface area contributed by atoms with Crippen molar-refractivity contribution in [3.8, 4) is 23.8 Å². The first-order valence-electron chi connectivity index (χ1n) is 7.94. The number of halogens is 1. The standard InChI is InChI=1S/C19H16ClN3O5/c1-3-8-28-19-15(20)9-13(10-17(19)27-2)12-21-22-18(24)11-14-6-4-5-7-16(14)23(25)26/h1,4-7,9-10,12H,8,11H2,2H3,(H,22,24). The number of nitrogens with zero attached hydrogens (tertiary/aromatic N) is 2. The van der Waals surface area contributed by atoms with Crippen LogP contribution in [-0.2, 0) is 11.2 Å². The van der Waals surface area contributed by atoms with Crippen molar-refractivity contribution in [2.45, 2.75) is 6.42 Å². The quantitative estimate of drug-likeness (QED) is 0.317. The molecule has 0 aliphatic heterocycles. The number of hydrogen-bond donors (Lipinski definition) is 1. The fraction of sp³-hybridized carbons (Fsp3) is 0.158. The third-order valence-electron chi connectivity index (χ3n) is 3.49. The zero-order valence-electron chi connectivity index (χ0n) is 14.8. The maximum absolute atomic E-state index is 12.0. The van der Waals surface area contributed by atoms with E-state index in [1.54, 1.807) is 18.2 Å². The highest BCUT2D eigenvalue weighted by Gasteiger charge is 2.15. The number of carbonyl (C=O) groups excluding carboxylic acids is 1. The Bertz CT molecular complexity index is 953. The highest BCUT2D eigenvalue weighted by Crippen LogP contribution is 2.35. The van der Waals surface area contributed by atoms with Crippen LogP contribution in [-0.4, -0.2) is 30.8 Å². The van der Waals surface area contributed by atoms with E-state index in [-0.39, 0.29) is 23.7 Å². The van der Waals surface area contributed by atoms with Crippen LogP contribution < -0.4 is 14.9 Å². The number of hydrazone groups is 1. The smallest absolute Gasteiger partial charge is 0.273 e. The van der Waals surface area contributed by atoms with Gasteiger partial charge in [-0.1, -0.05) is 35.7 Å². The maximum Gasteiger partial charge on any atom is 0.273 e. The zero-order valence-corrected chi connectivity index (χ0v) is 15.6. The summed E-state index contributed by atoms with van der Waals surface area (Å²) in [5, 5.41) is 15.1. The highest BCUT2D eigenvalue weighted by molar-refractivity contribution is 6.32. The minimum Gasteiger partial charge on any atom is -0.493 e. The maximum atomic E-state index is 12.0. The first kappa shape index (κ1) is 20.7. The Balaban J connectivity index is 2.06. The number of benzene rings is 2. The second-order valence-corrected chi connectivity index (χ2v) is 5.79. The van der Waals surface area contributed by atoms with Crippen LogP contribution >= 0.6 is 11.6 Å². The first-order chi connectivity index (χ1) is 13.5. The van der Waals surface area contributed by atoms with Crippen molar-refractivity contribution in [2.75, 3.05) is 13.7 Å². The zero-order chi connectivity index (χ0) is 20.5. The summed E-state index contributed by atoms with van der Waals surface area (Å²) in [6.45, 7) is 0.0329. The third-order valence-corrected chi connectivity index (χ3v) is 3.77. The van der Waals surface area contributed by atoms with Gasteiger partial charge in [0, 0.05) is 11.6 Å². The van der Waals surface area contributed by atoms with E-state index in [0.29, 0.717) is 22.6 Å². The Morgan fingerprint density at radius 3 is 2.86 bits per heavy atom. The number of carbonyl (C=O) groups is 1. The fourth-order valence-corrected chi connectivity index (χ4v) is 2.57. The molecule has 0 radical (unpaired) electrons. The number of nitrogens with one attached hydrogen (secondary N) is 1. The number of terminal acetylenes is 1. The molecule has 1 N–H and O–H groups in total. The molecule has 0 aliphatic rings. The first-order valence-corrected chi connectivity index (χ1v) is 8.32. The van der Waals surface area contributed by atoms with Crippen LogP contribution in [0.3, 0.4) is 0 Å². The molecule has 1 amide bonds. The number of nitro benzene ring substituents is 1. The molecule has 2 rings (SSSR count). The largest absolute Gasteiger partial charge is 0.493 e. The summed E-state index contributed by atoms with van der Waals surface area (Å²) in [7, 11) is 1.45. The van der Waals surface area contributed by atoms with Gasteiger partial charge in [0.25, 0.3) is 5.69 Å². The number of amides is 1. The third kappa shape index (κ3) is 5.46. The summed E-state index contributed by atoms with van der Waals surface area (Å²) >= 11 is 6.16. The van der Waals surface area contributed by atoms with Crippen molar-refractivity contribution in [3.05, 3.63) is 62.7 Å². The van der Waals surface area contributed by atoms with Gasteiger partial charge >= 0.3 is 0 Å². The van der Waals surface area contributed by atoms with Crippen molar-refractivity contribution < 1.29 is 19.2 Å². The highest BCUT2D eigenvalue weighted by atomic mass is 35.5. The molecule has 0 atom stereocenters. The van der Waals surface area contributed by atoms with Gasteiger partial charge in [-0.3, -0.25) is 14.9 Å². The van der Waals surface area contributed by atoms with Crippen LogP contribution in [0, 0.1) is 22.5 Å². The number of ether oxygens (including phenoxy) is 2. The topological polar surface area (TPSA) is 103 Å². The van der Waals surface area contributed by atoms with Gasteiger partial charge in [0.1, 0.15) is 6.61 Å². The summed E-state index contributed by atoms with van der Waals surface area (Å²) in [5.41, 5.74) is 3.03. The average molecular weight is 402 g/mol. The van der Waals surface area contributed by atoms with Gasteiger partial charge in [-0.05, 0) is 17.7 Å². The van der Waals surface area contributed by atoms with E-state index >= 15 is 0 Å². The Labute approximate surface area is 166 Å². The molecule has 0 unspecified atom stereocenters. The summed E-state index contributed by atoms with van der Waals surface area (Å²) in [4.78, 5) is 22.5. The van der Waals surface area contributed by atoms with E-state index in [2.05, 4.69) is 16.4 Å². The number of methoxy groups -OCH3 is 1. The lowest BCUT2D eigenvalue weighted by molar-refractivity contribution is -0.385. The normalized spacial score (nSPS) is 10.3. The van der Waals surface area contributed by atoms with Crippen molar-refractivity contribution >= 4 is 29.4 Å². The summed E-state index contributed by atoms with van der Waals surface area (Å²) < 4.78 is 10.6. The predicted octanol–water partition coefficient (Wildman–Crippen LogP) is 2.96. The van der Waals surface area contributed by atoms with Crippen molar-refractivity contribution in [2.24, 2.45) is 5.10 Å². The monoisotopic (exact) mass is 401 g/mol. The minimum atomic E-state index is -0.538. The molecule has 0 saturated heterocycles. The molecule has 0 fully saturated rings. The van der Waals surface area contributed by atoms with Crippen LogP contribution in [0.15, 0.2) is 41.5 Å². The Kier molecular flexibility index (Phi) is 7.37. The molecule has 144 valence electrons. The molecule has 28 heavy (non-hydrogen) atoms.